The molecule has 0 radical (unpaired) electrons. The second kappa shape index (κ2) is 4.74. The van der Waals surface area contributed by atoms with Gasteiger partial charge in [0.15, 0.2) is 0 Å². The summed E-state index contributed by atoms with van der Waals surface area (Å²) in [7, 11) is -3.66. The quantitative estimate of drug-likeness (QED) is 0.824. The molecule has 0 fully saturated rings. The number of benzene rings is 1. The largest absolute Gasteiger partial charge is 0.332 e. The topological polar surface area (TPSA) is 79.0 Å². The van der Waals surface area contributed by atoms with Gasteiger partial charge in [-0.05, 0) is 12.1 Å². The van der Waals surface area contributed by atoms with Gasteiger partial charge in [-0.2, -0.15) is 9.57 Å². The van der Waals surface area contributed by atoms with Crippen LogP contribution >= 0.6 is 0 Å². The molecule has 20 heavy (non-hydrogen) atoms. The molecule has 1 aromatic carbocycles. The van der Waals surface area contributed by atoms with Gasteiger partial charge in [-0.25, -0.2) is 13.4 Å². The van der Waals surface area contributed by atoms with Crippen LogP contribution in [0.3, 0.4) is 0 Å². The van der Waals surface area contributed by atoms with E-state index < -0.39 is 10.0 Å². The van der Waals surface area contributed by atoms with Crippen LogP contribution in [0.4, 0.5) is 0 Å². The van der Waals surface area contributed by atoms with Crippen molar-refractivity contribution in [3.8, 4) is 6.07 Å². The number of fused-ring (bicyclic) bond motifs is 1. The van der Waals surface area contributed by atoms with Gasteiger partial charge >= 0.3 is 0 Å². The number of aromatic nitrogens is 2. The van der Waals surface area contributed by atoms with Gasteiger partial charge in [-0.1, -0.05) is 12.1 Å². The van der Waals surface area contributed by atoms with Crippen LogP contribution in [0.5, 0.6) is 0 Å². The van der Waals surface area contributed by atoms with Crippen LogP contribution in [-0.2, 0) is 23.1 Å². The van der Waals surface area contributed by atoms with Crippen LogP contribution < -0.4 is 0 Å². The molecule has 0 bridgehead atoms. The summed E-state index contributed by atoms with van der Waals surface area (Å²) < 4.78 is 28.6. The van der Waals surface area contributed by atoms with E-state index >= 15 is 0 Å². The van der Waals surface area contributed by atoms with Crippen molar-refractivity contribution in [1.29, 1.82) is 5.26 Å². The summed E-state index contributed by atoms with van der Waals surface area (Å²) in [6.45, 7) is 1.23. The number of rotatable bonds is 2. The highest BCUT2D eigenvalue weighted by atomic mass is 32.2. The Labute approximate surface area is 116 Å². The first-order valence-corrected chi connectivity index (χ1v) is 7.55. The second-order valence-corrected chi connectivity index (χ2v) is 6.43. The Morgan fingerprint density at radius 3 is 2.85 bits per heavy atom. The van der Waals surface area contributed by atoms with E-state index in [-0.39, 0.29) is 17.0 Å². The fourth-order valence-electron chi connectivity index (χ4n) is 2.29. The van der Waals surface area contributed by atoms with Gasteiger partial charge in [-0.3, -0.25) is 0 Å². The zero-order chi connectivity index (χ0) is 14.2. The number of hydrogen-bond donors (Lipinski definition) is 0. The van der Waals surface area contributed by atoms with Gasteiger partial charge in [0.2, 0.25) is 10.0 Å². The molecule has 1 aliphatic rings. The van der Waals surface area contributed by atoms with E-state index in [9.17, 15) is 8.42 Å². The minimum absolute atomic E-state index is 0.0652. The third kappa shape index (κ3) is 1.99. The number of imidazole rings is 1. The molecular weight excluding hydrogens is 276 g/mol. The van der Waals surface area contributed by atoms with Crippen molar-refractivity contribution in [2.45, 2.75) is 18.0 Å². The van der Waals surface area contributed by atoms with E-state index in [1.54, 1.807) is 24.7 Å². The Balaban J connectivity index is 2.00. The highest BCUT2D eigenvalue weighted by Crippen LogP contribution is 2.23. The number of nitrogens with zero attached hydrogens (tertiary/aromatic N) is 4. The smallest absolute Gasteiger partial charge is 0.244 e. The van der Waals surface area contributed by atoms with Crippen molar-refractivity contribution < 1.29 is 8.42 Å². The van der Waals surface area contributed by atoms with Gasteiger partial charge in [0, 0.05) is 19.3 Å². The lowest BCUT2D eigenvalue weighted by molar-refractivity contribution is 0.341. The molecule has 102 valence electrons. The van der Waals surface area contributed by atoms with E-state index in [1.807, 2.05) is 10.6 Å². The minimum atomic E-state index is -3.66. The maximum Gasteiger partial charge on any atom is 0.244 e. The maximum atomic E-state index is 12.6. The highest BCUT2D eigenvalue weighted by molar-refractivity contribution is 7.89. The van der Waals surface area contributed by atoms with Crippen molar-refractivity contribution >= 4 is 10.0 Å². The van der Waals surface area contributed by atoms with Gasteiger partial charge in [0.1, 0.15) is 6.07 Å². The Morgan fingerprint density at radius 2 is 2.05 bits per heavy atom. The van der Waals surface area contributed by atoms with Crippen molar-refractivity contribution in [3.63, 3.8) is 0 Å². The molecule has 7 heteroatoms. The van der Waals surface area contributed by atoms with Crippen LogP contribution in [0.1, 0.15) is 11.3 Å². The molecule has 0 amide bonds. The molecule has 3 rings (SSSR count). The van der Waals surface area contributed by atoms with Crippen LogP contribution in [0.2, 0.25) is 0 Å². The molecule has 0 saturated carbocycles. The molecule has 0 N–H and O–H groups in total. The normalized spacial score (nSPS) is 15.6. The monoisotopic (exact) mass is 288 g/mol. The number of hydrogen-bond acceptors (Lipinski definition) is 4. The predicted octanol–water partition coefficient (Wildman–Crippen LogP) is 0.959. The van der Waals surface area contributed by atoms with E-state index in [0.29, 0.717) is 13.1 Å². The molecule has 0 aliphatic carbocycles. The van der Waals surface area contributed by atoms with Crippen LogP contribution in [0.15, 0.2) is 41.7 Å². The van der Waals surface area contributed by atoms with Crippen LogP contribution in [0.25, 0.3) is 0 Å². The molecule has 0 spiro atoms. The summed E-state index contributed by atoms with van der Waals surface area (Å²) in [6, 6.07) is 8.20. The predicted molar refractivity (Wildman–Crippen MR) is 71.0 cm³/mol. The molecule has 0 atom stereocenters. The van der Waals surface area contributed by atoms with Gasteiger partial charge in [-0.15, -0.1) is 0 Å². The van der Waals surface area contributed by atoms with E-state index in [4.69, 9.17) is 5.26 Å². The summed E-state index contributed by atoms with van der Waals surface area (Å²) in [5.74, 6) is 0. The Bertz CT molecular complexity index is 789. The zero-order valence-electron chi connectivity index (χ0n) is 10.6. The second-order valence-electron chi connectivity index (χ2n) is 4.52. The standard InChI is InChI=1S/C13H12N4O2S/c14-7-11-3-1-2-4-13(11)20(18,19)17-6-5-16-10-15-8-12(16)9-17/h1-4,8,10H,5-6,9H2. The van der Waals surface area contributed by atoms with Gasteiger partial charge in [0.05, 0.1) is 29.0 Å². The fourth-order valence-corrected chi connectivity index (χ4v) is 3.83. The number of nitriles is 1. The van der Waals surface area contributed by atoms with E-state index in [0.717, 1.165) is 5.69 Å². The summed E-state index contributed by atoms with van der Waals surface area (Å²) >= 11 is 0. The summed E-state index contributed by atoms with van der Waals surface area (Å²) in [5, 5.41) is 9.06. The Kier molecular flexibility index (Phi) is 3.04. The van der Waals surface area contributed by atoms with Crippen molar-refractivity contribution in [3.05, 3.63) is 48.0 Å². The Morgan fingerprint density at radius 1 is 1.25 bits per heavy atom. The van der Waals surface area contributed by atoms with Gasteiger partial charge < -0.3 is 4.57 Å². The highest BCUT2D eigenvalue weighted by Gasteiger charge is 2.30. The maximum absolute atomic E-state index is 12.6. The first-order chi connectivity index (χ1) is 9.63. The lowest BCUT2D eigenvalue weighted by Crippen LogP contribution is -2.38. The first-order valence-electron chi connectivity index (χ1n) is 6.11. The van der Waals surface area contributed by atoms with Crippen molar-refractivity contribution in [2.24, 2.45) is 0 Å². The molecule has 2 aromatic rings. The summed E-state index contributed by atoms with van der Waals surface area (Å²) in [4.78, 5) is 4.08. The zero-order valence-corrected chi connectivity index (χ0v) is 11.4. The minimum Gasteiger partial charge on any atom is -0.332 e. The molecule has 1 aromatic heterocycles. The van der Waals surface area contributed by atoms with Crippen molar-refractivity contribution in [1.82, 2.24) is 13.9 Å². The molecular formula is C13H12N4O2S. The average molecular weight is 288 g/mol. The fraction of sp³-hybridized carbons (Fsp3) is 0.231. The first kappa shape index (κ1) is 12.8. The summed E-state index contributed by atoms with van der Waals surface area (Å²) in [6.07, 6.45) is 3.36. The molecule has 0 unspecified atom stereocenters. The lowest BCUT2D eigenvalue weighted by atomic mass is 10.2. The average Bonchev–Trinajstić information content (AvgIpc) is 2.94. The van der Waals surface area contributed by atoms with Gasteiger partial charge in [0.25, 0.3) is 0 Å². The SMILES string of the molecule is N#Cc1ccccc1S(=O)(=O)N1CCn2cncc2C1. The molecule has 1 aliphatic heterocycles. The molecule has 2 heterocycles. The Hall–Kier alpha value is -2.17. The van der Waals surface area contributed by atoms with E-state index in [2.05, 4.69) is 4.98 Å². The molecule has 6 nitrogen and oxygen atoms in total. The van der Waals surface area contributed by atoms with Crippen LogP contribution in [0, 0.1) is 11.3 Å². The number of sulfonamides is 1. The third-order valence-electron chi connectivity index (χ3n) is 3.35. The molecule has 0 saturated heterocycles. The third-order valence-corrected chi connectivity index (χ3v) is 5.26. The lowest BCUT2D eigenvalue weighted by Gasteiger charge is -2.27. The van der Waals surface area contributed by atoms with Crippen LogP contribution in [-0.4, -0.2) is 28.8 Å². The van der Waals surface area contributed by atoms with Crippen molar-refractivity contribution in [2.75, 3.05) is 6.54 Å². The summed E-state index contributed by atoms with van der Waals surface area (Å²) in [5.41, 5.74) is 1.03. The van der Waals surface area contributed by atoms with E-state index in [1.165, 1.54) is 16.4 Å².